The SMILES string of the molecule is COC(=O)[C@@H]1[C@H]2C(=O)N(c3ccc(Cl)c(F)c3)C[C@]23C=C[C@H]1O3. The van der Waals surface area contributed by atoms with Gasteiger partial charge in [0.25, 0.3) is 0 Å². The first-order valence-electron chi connectivity index (χ1n) is 7.18. The van der Waals surface area contributed by atoms with Crippen LogP contribution in [-0.2, 0) is 19.1 Å². The molecule has 3 aliphatic heterocycles. The summed E-state index contributed by atoms with van der Waals surface area (Å²) in [5.41, 5.74) is -0.457. The fraction of sp³-hybridized carbons (Fsp3) is 0.375. The zero-order valence-electron chi connectivity index (χ0n) is 12.2. The number of hydrogen-bond acceptors (Lipinski definition) is 4. The lowest BCUT2D eigenvalue weighted by atomic mass is 9.77. The molecule has 3 heterocycles. The van der Waals surface area contributed by atoms with Gasteiger partial charge >= 0.3 is 5.97 Å². The van der Waals surface area contributed by atoms with Gasteiger partial charge in [-0.1, -0.05) is 23.8 Å². The summed E-state index contributed by atoms with van der Waals surface area (Å²) >= 11 is 5.69. The van der Waals surface area contributed by atoms with E-state index in [1.165, 1.54) is 24.1 Å². The minimum Gasteiger partial charge on any atom is -0.469 e. The summed E-state index contributed by atoms with van der Waals surface area (Å²) in [4.78, 5) is 26.3. The van der Waals surface area contributed by atoms with Gasteiger partial charge in [0, 0.05) is 5.69 Å². The number of ether oxygens (including phenoxy) is 2. The average Bonchev–Trinajstić information content (AvgIpc) is 3.18. The fourth-order valence-corrected chi connectivity index (χ4v) is 3.89. The fourth-order valence-electron chi connectivity index (χ4n) is 3.77. The Hall–Kier alpha value is -1.92. The third-order valence-corrected chi connectivity index (χ3v) is 5.10. The summed E-state index contributed by atoms with van der Waals surface area (Å²) in [7, 11) is 1.29. The molecule has 5 nitrogen and oxygen atoms in total. The number of hydrogen-bond donors (Lipinski definition) is 0. The Bertz CT molecular complexity index is 752. The van der Waals surface area contributed by atoms with Crippen molar-refractivity contribution >= 4 is 29.2 Å². The summed E-state index contributed by atoms with van der Waals surface area (Å²) in [6.45, 7) is 0.234. The van der Waals surface area contributed by atoms with Crippen LogP contribution in [-0.4, -0.2) is 37.2 Å². The van der Waals surface area contributed by atoms with Crippen molar-refractivity contribution in [2.75, 3.05) is 18.6 Å². The Kier molecular flexibility index (Phi) is 3.05. The van der Waals surface area contributed by atoms with Gasteiger partial charge in [0.1, 0.15) is 17.3 Å². The van der Waals surface area contributed by atoms with E-state index in [2.05, 4.69) is 0 Å². The molecular formula is C16H13ClFNO4. The van der Waals surface area contributed by atoms with Gasteiger partial charge < -0.3 is 14.4 Å². The van der Waals surface area contributed by atoms with Crippen molar-refractivity contribution in [2.24, 2.45) is 11.8 Å². The van der Waals surface area contributed by atoms with E-state index in [0.717, 1.165) is 0 Å². The maximum atomic E-state index is 13.7. The predicted octanol–water partition coefficient (Wildman–Crippen LogP) is 1.94. The maximum Gasteiger partial charge on any atom is 0.312 e. The second-order valence-corrected chi connectivity index (χ2v) is 6.35. The van der Waals surface area contributed by atoms with Crippen LogP contribution < -0.4 is 4.90 Å². The predicted molar refractivity (Wildman–Crippen MR) is 79.5 cm³/mol. The maximum absolute atomic E-state index is 13.7. The van der Waals surface area contributed by atoms with E-state index in [1.54, 1.807) is 12.1 Å². The number of carbonyl (C=O) groups is 2. The summed E-state index contributed by atoms with van der Waals surface area (Å²) in [6.07, 6.45) is 3.17. The van der Waals surface area contributed by atoms with E-state index < -0.39 is 35.3 Å². The molecule has 3 aliphatic rings. The van der Waals surface area contributed by atoms with Gasteiger partial charge in [0.05, 0.1) is 30.7 Å². The number of anilines is 1. The lowest BCUT2D eigenvalue weighted by molar-refractivity contribution is -0.149. The van der Waals surface area contributed by atoms with E-state index in [4.69, 9.17) is 21.1 Å². The molecule has 1 aromatic rings. The van der Waals surface area contributed by atoms with E-state index in [-0.39, 0.29) is 17.5 Å². The van der Waals surface area contributed by atoms with Gasteiger partial charge in [-0.15, -0.1) is 0 Å². The monoisotopic (exact) mass is 337 g/mol. The van der Waals surface area contributed by atoms with Crippen molar-refractivity contribution in [3.8, 4) is 0 Å². The molecule has 120 valence electrons. The molecule has 1 spiro atoms. The number of carbonyl (C=O) groups excluding carboxylic acids is 2. The molecule has 1 amide bonds. The van der Waals surface area contributed by atoms with Gasteiger partial charge in [-0.05, 0) is 18.2 Å². The summed E-state index contributed by atoms with van der Waals surface area (Å²) in [6, 6.07) is 4.18. The topological polar surface area (TPSA) is 55.8 Å². The van der Waals surface area contributed by atoms with Crippen molar-refractivity contribution in [1.82, 2.24) is 0 Å². The van der Waals surface area contributed by atoms with Gasteiger partial charge in [0.2, 0.25) is 5.91 Å². The summed E-state index contributed by atoms with van der Waals surface area (Å²) in [5, 5.41) is -0.0109. The second kappa shape index (κ2) is 4.79. The molecule has 0 radical (unpaired) electrons. The minimum absolute atomic E-state index is 0.0109. The highest BCUT2D eigenvalue weighted by Gasteiger charge is 2.67. The van der Waals surface area contributed by atoms with E-state index >= 15 is 0 Å². The smallest absolute Gasteiger partial charge is 0.312 e. The lowest BCUT2D eigenvalue weighted by Crippen LogP contribution is -2.39. The zero-order chi connectivity index (χ0) is 16.4. The molecule has 0 N–H and O–H groups in total. The number of nitrogens with zero attached hydrogens (tertiary/aromatic N) is 1. The first-order valence-corrected chi connectivity index (χ1v) is 7.56. The molecule has 7 heteroatoms. The Labute approximate surface area is 136 Å². The molecule has 0 unspecified atom stereocenters. The van der Waals surface area contributed by atoms with Crippen LogP contribution in [0.25, 0.3) is 0 Å². The highest BCUT2D eigenvalue weighted by molar-refractivity contribution is 6.30. The highest BCUT2D eigenvalue weighted by Crippen LogP contribution is 2.52. The van der Waals surface area contributed by atoms with E-state index in [1.807, 2.05) is 6.08 Å². The largest absolute Gasteiger partial charge is 0.469 e. The van der Waals surface area contributed by atoms with Crippen LogP contribution in [0.3, 0.4) is 0 Å². The van der Waals surface area contributed by atoms with Crippen LogP contribution in [0, 0.1) is 17.7 Å². The number of rotatable bonds is 2. The normalized spacial score (nSPS) is 34.1. The van der Waals surface area contributed by atoms with Crippen LogP contribution in [0.15, 0.2) is 30.4 Å². The zero-order valence-corrected chi connectivity index (χ0v) is 12.9. The van der Waals surface area contributed by atoms with E-state index in [9.17, 15) is 14.0 Å². The average molecular weight is 338 g/mol. The number of benzene rings is 1. The Morgan fingerprint density at radius 2 is 2.30 bits per heavy atom. The Morgan fingerprint density at radius 1 is 1.52 bits per heavy atom. The molecule has 4 rings (SSSR count). The third kappa shape index (κ3) is 1.88. The standard InChI is InChI=1S/C16H13ClFNO4/c1-22-15(21)12-11-4-5-16(23-11)7-19(14(20)13(12)16)8-2-3-9(17)10(18)6-8/h2-6,11-13H,7H2,1H3/t11-,12+,13+,16-/m1/s1. The molecule has 2 bridgehead atoms. The van der Waals surface area contributed by atoms with Crippen LogP contribution in [0.2, 0.25) is 5.02 Å². The Morgan fingerprint density at radius 3 is 3.00 bits per heavy atom. The van der Waals surface area contributed by atoms with Crippen LogP contribution >= 0.6 is 11.6 Å². The van der Waals surface area contributed by atoms with Crippen molar-refractivity contribution in [3.05, 3.63) is 41.2 Å². The Balaban J connectivity index is 1.73. The van der Waals surface area contributed by atoms with Gasteiger partial charge in [-0.2, -0.15) is 0 Å². The molecular weight excluding hydrogens is 325 g/mol. The minimum atomic E-state index is -0.850. The number of esters is 1. The van der Waals surface area contributed by atoms with Crippen LogP contribution in [0.1, 0.15) is 0 Å². The van der Waals surface area contributed by atoms with Crippen molar-refractivity contribution in [3.63, 3.8) is 0 Å². The first kappa shape index (κ1) is 14.7. The molecule has 23 heavy (non-hydrogen) atoms. The molecule has 0 saturated carbocycles. The van der Waals surface area contributed by atoms with Crippen LogP contribution in [0.5, 0.6) is 0 Å². The van der Waals surface area contributed by atoms with Crippen molar-refractivity contribution in [2.45, 2.75) is 11.7 Å². The number of methoxy groups -OCH3 is 1. The number of halogens is 2. The summed E-state index contributed by atoms with van der Waals surface area (Å²) < 4.78 is 24.4. The van der Waals surface area contributed by atoms with Crippen molar-refractivity contribution in [1.29, 1.82) is 0 Å². The molecule has 1 aromatic carbocycles. The van der Waals surface area contributed by atoms with E-state index in [0.29, 0.717) is 5.69 Å². The molecule has 2 fully saturated rings. The second-order valence-electron chi connectivity index (χ2n) is 5.95. The third-order valence-electron chi connectivity index (χ3n) is 4.79. The highest BCUT2D eigenvalue weighted by atomic mass is 35.5. The molecule has 4 atom stereocenters. The van der Waals surface area contributed by atoms with Crippen LogP contribution in [0.4, 0.5) is 10.1 Å². The quantitative estimate of drug-likeness (QED) is 0.611. The number of fused-ring (bicyclic) bond motifs is 1. The van der Waals surface area contributed by atoms with Gasteiger partial charge in [-0.25, -0.2) is 4.39 Å². The first-order chi connectivity index (χ1) is 11.0. The lowest BCUT2D eigenvalue weighted by Gasteiger charge is -2.22. The van der Waals surface area contributed by atoms with Crippen molar-refractivity contribution < 1.29 is 23.5 Å². The van der Waals surface area contributed by atoms with Gasteiger partial charge in [0.15, 0.2) is 0 Å². The number of amides is 1. The van der Waals surface area contributed by atoms with Gasteiger partial charge in [-0.3, -0.25) is 9.59 Å². The molecule has 0 aliphatic carbocycles. The molecule has 2 saturated heterocycles. The summed E-state index contributed by atoms with van der Waals surface area (Å²) in [5.74, 6) is -2.65. The molecule has 0 aromatic heterocycles.